The normalized spacial score (nSPS) is 10.8. The van der Waals surface area contributed by atoms with E-state index in [4.69, 9.17) is 4.74 Å². The molecule has 9 nitrogen and oxygen atoms in total. The van der Waals surface area contributed by atoms with Gasteiger partial charge in [0.1, 0.15) is 0 Å². The Kier molecular flexibility index (Phi) is 7.51. The molecule has 0 aliphatic rings. The van der Waals surface area contributed by atoms with Crippen molar-refractivity contribution in [3.63, 3.8) is 0 Å². The van der Waals surface area contributed by atoms with Crippen molar-refractivity contribution >= 4 is 51.4 Å². The number of aromatic hydroxyl groups is 1. The Labute approximate surface area is 205 Å². The summed E-state index contributed by atoms with van der Waals surface area (Å²) in [5.41, 5.74) is 4.93. The monoisotopic (exact) mass is 519 g/mol. The minimum absolute atomic E-state index is 0.0101. The average molecular weight is 520 g/mol. The second-order valence-corrected chi connectivity index (χ2v) is 7.85. The van der Waals surface area contributed by atoms with Crippen LogP contribution in [0.2, 0.25) is 0 Å². The van der Waals surface area contributed by atoms with Crippen LogP contribution in [0.25, 0.3) is 0 Å². The summed E-state index contributed by atoms with van der Waals surface area (Å²) >= 11 is 3.41. The molecule has 1 aromatic heterocycles. The van der Waals surface area contributed by atoms with Crippen molar-refractivity contribution in [2.45, 2.75) is 6.92 Å². The van der Waals surface area contributed by atoms with E-state index < -0.39 is 0 Å². The van der Waals surface area contributed by atoms with E-state index in [0.717, 1.165) is 15.8 Å². The molecule has 0 radical (unpaired) electrons. The van der Waals surface area contributed by atoms with Crippen molar-refractivity contribution in [1.82, 2.24) is 15.0 Å². The molecule has 4 rings (SSSR count). The zero-order valence-electron chi connectivity index (χ0n) is 18.2. The van der Waals surface area contributed by atoms with Gasteiger partial charge in [0.15, 0.2) is 11.5 Å². The highest BCUT2D eigenvalue weighted by Crippen LogP contribution is 2.33. The molecule has 0 bridgehead atoms. The number of benzene rings is 3. The fraction of sp³-hybridized carbons (Fsp3) is 0.0833. The molecular weight excluding hydrogens is 498 g/mol. The van der Waals surface area contributed by atoms with Crippen molar-refractivity contribution in [1.29, 1.82) is 0 Å². The first-order valence-corrected chi connectivity index (χ1v) is 11.2. The molecule has 172 valence electrons. The summed E-state index contributed by atoms with van der Waals surface area (Å²) in [5.74, 6) is 1.23. The number of rotatable bonds is 9. The van der Waals surface area contributed by atoms with Gasteiger partial charge in [0.2, 0.25) is 17.8 Å². The molecule has 34 heavy (non-hydrogen) atoms. The van der Waals surface area contributed by atoms with Gasteiger partial charge in [-0.1, -0.05) is 52.3 Å². The molecule has 0 saturated heterocycles. The van der Waals surface area contributed by atoms with Crippen LogP contribution in [0.4, 0.5) is 29.2 Å². The Morgan fingerprint density at radius 3 is 2.00 bits per heavy atom. The molecule has 0 atom stereocenters. The van der Waals surface area contributed by atoms with Crippen LogP contribution in [-0.4, -0.2) is 32.9 Å². The largest absolute Gasteiger partial charge is 0.504 e. The van der Waals surface area contributed by atoms with E-state index in [2.05, 4.69) is 52.0 Å². The van der Waals surface area contributed by atoms with Crippen LogP contribution >= 0.6 is 15.9 Å². The van der Waals surface area contributed by atoms with Crippen molar-refractivity contribution in [3.05, 3.63) is 82.8 Å². The first-order valence-electron chi connectivity index (χ1n) is 10.5. The zero-order valence-corrected chi connectivity index (χ0v) is 19.8. The second kappa shape index (κ2) is 11.1. The van der Waals surface area contributed by atoms with Gasteiger partial charge in [-0.15, -0.1) is 0 Å². The van der Waals surface area contributed by atoms with Gasteiger partial charge in [0.25, 0.3) is 0 Å². The Hall–Kier alpha value is -4.18. The van der Waals surface area contributed by atoms with E-state index in [0.29, 0.717) is 29.8 Å². The third-order valence-corrected chi connectivity index (χ3v) is 4.89. The molecule has 0 amide bonds. The minimum Gasteiger partial charge on any atom is -0.504 e. The van der Waals surface area contributed by atoms with Crippen molar-refractivity contribution in [3.8, 4) is 11.5 Å². The Balaban J connectivity index is 1.59. The van der Waals surface area contributed by atoms with Gasteiger partial charge in [-0.3, -0.25) is 0 Å². The topological polar surface area (TPSA) is 117 Å². The first kappa shape index (κ1) is 23.0. The summed E-state index contributed by atoms with van der Waals surface area (Å²) in [5, 5.41) is 20.9. The summed E-state index contributed by atoms with van der Waals surface area (Å²) in [6.07, 6.45) is 1.46. The van der Waals surface area contributed by atoms with Crippen LogP contribution in [0.1, 0.15) is 12.5 Å². The maximum absolute atomic E-state index is 10.4. The average Bonchev–Trinajstić information content (AvgIpc) is 2.83. The molecule has 0 aliphatic heterocycles. The molecule has 0 fully saturated rings. The van der Waals surface area contributed by atoms with E-state index in [1.54, 1.807) is 12.1 Å². The number of para-hydroxylation sites is 2. The molecule has 1 heterocycles. The quantitative estimate of drug-likeness (QED) is 0.165. The molecule has 0 spiro atoms. The Morgan fingerprint density at radius 2 is 1.44 bits per heavy atom. The number of aromatic nitrogens is 3. The highest BCUT2D eigenvalue weighted by atomic mass is 79.9. The number of hydrogen-bond donors (Lipinski definition) is 4. The third kappa shape index (κ3) is 6.20. The Bertz CT molecular complexity index is 1210. The molecule has 0 aliphatic carbocycles. The predicted molar refractivity (Wildman–Crippen MR) is 137 cm³/mol. The van der Waals surface area contributed by atoms with Crippen molar-refractivity contribution in [2.24, 2.45) is 5.10 Å². The summed E-state index contributed by atoms with van der Waals surface area (Å²) in [7, 11) is 0. The SMILES string of the molecule is CCOc1cc(Br)cc(/C=N\Nc2nc(Nc3ccccc3)nc(Nc3ccccc3)n2)c1O. The fourth-order valence-corrected chi connectivity index (χ4v) is 3.41. The molecule has 4 N–H and O–H groups in total. The summed E-state index contributed by atoms with van der Waals surface area (Å²) in [4.78, 5) is 13.2. The highest BCUT2D eigenvalue weighted by molar-refractivity contribution is 9.10. The molecule has 3 aromatic carbocycles. The number of anilines is 5. The lowest BCUT2D eigenvalue weighted by atomic mass is 10.2. The van der Waals surface area contributed by atoms with E-state index in [-0.39, 0.29) is 11.7 Å². The van der Waals surface area contributed by atoms with Crippen LogP contribution < -0.4 is 20.8 Å². The van der Waals surface area contributed by atoms with E-state index in [1.807, 2.05) is 67.6 Å². The predicted octanol–water partition coefficient (Wildman–Crippen LogP) is 5.67. The first-order chi connectivity index (χ1) is 16.6. The van der Waals surface area contributed by atoms with Gasteiger partial charge in [0, 0.05) is 21.4 Å². The number of nitrogens with zero attached hydrogens (tertiary/aromatic N) is 4. The lowest BCUT2D eigenvalue weighted by molar-refractivity contribution is 0.317. The van der Waals surface area contributed by atoms with Gasteiger partial charge in [-0.25, -0.2) is 5.43 Å². The van der Waals surface area contributed by atoms with Gasteiger partial charge in [-0.05, 0) is 43.3 Å². The lowest BCUT2D eigenvalue weighted by Crippen LogP contribution is -2.07. The Morgan fingerprint density at radius 1 is 0.882 bits per heavy atom. The molecule has 0 saturated carbocycles. The van der Waals surface area contributed by atoms with Crippen LogP contribution in [0.5, 0.6) is 11.5 Å². The third-order valence-electron chi connectivity index (χ3n) is 4.43. The van der Waals surface area contributed by atoms with Crippen LogP contribution in [0.3, 0.4) is 0 Å². The van der Waals surface area contributed by atoms with Gasteiger partial charge in [0.05, 0.1) is 12.8 Å². The van der Waals surface area contributed by atoms with E-state index in [9.17, 15) is 5.11 Å². The summed E-state index contributed by atoms with van der Waals surface area (Å²) in [6.45, 7) is 2.27. The highest BCUT2D eigenvalue weighted by Gasteiger charge is 2.10. The summed E-state index contributed by atoms with van der Waals surface area (Å²) in [6, 6.07) is 22.6. The van der Waals surface area contributed by atoms with Crippen molar-refractivity contribution in [2.75, 3.05) is 22.7 Å². The van der Waals surface area contributed by atoms with Gasteiger partial charge in [-0.2, -0.15) is 20.1 Å². The van der Waals surface area contributed by atoms with E-state index in [1.165, 1.54) is 6.21 Å². The molecule has 4 aromatic rings. The number of hydrazone groups is 1. The van der Waals surface area contributed by atoms with Crippen molar-refractivity contribution < 1.29 is 9.84 Å². The number of halogens is 1. The van der Waals surface area contributed by atoms with E-state index >= 15 is 0 Å². The molecule has 10 heteroatoms. The summed E-state index contributed by atoms with van der Waals surface area (Å²) < 4.78 is 6.20. The second-order valence-electron chi connectivity index (χ2n) is 6.93. The lowest BCUT2D eigenvalue weighted by Gasteiger charge is -2.10. The number of phenolic OH excluding ortho intramolecular Hbond substituents is 1. The maximum Gasteiger partial charge on any atom is 0.250 e. The molecular formula is C24H22BrN7O2. The van der Waals surface area contributed by atoms with Gasteiger partial charge >= 0.3 is 0 Å². The number of hydrogen-bond acceptors (Lipinski definition) is 9. The zero-order chi connectivity index (χ0) is 23.8. The number of nitrogens with one attached hydrogen (secondary N) is 3. The fourth-order valence-electron chi connectivity index (χ4n) is 2.96. The van der Waals surface area contributed by atoms with Crippen LogP contribution in [0, 0.1) is 0 Å². The van der Waals surface area contributed by atoms with Crippen LogP contribution in [-0.2, 0) is 0 Å². The number of ether oxygens (including phenoxy) is 1. The smallest absolute Gasteiger partial charge is 0.250 e. The minimum atomic E-state index is -0.0101. The maximum atomic E-state index is 10.4. The van der Waals surface area contributed by atoms with Gasteiger partial charge < -0.3 is 20.5 Å². The van der Waals surface area contributed by atoms with Crippen LogP contribution in [0.15, 0.2) is 82.4 Å². The molecule has 0 unspecified atom stereocenters. The standard InChI is InChI=1S/C24H22BrN7O2/c1-2-34-20-14-17(25)13-16(21(20)33)15-26-32-24-30-22(27-18-9-5-3-6-10-18)29-23(31-24)28-19-11-7-4-8-12-19/h3-15,33H,2H2,1H3,(H3,27,28,29,30,31,32)/b26-15-. The number of phenols is 1.